The Labute approximate surface area is 158 Å². The molecule has 132 valence electrons. The van der Waals surface area contributed by atoms with Gasteiger partial charge in [-0.1, -0.05) is 19.9 Å². The third-order valence-corrected chi connectivity index (χ3v) is 4.99. The van der Waals surface area contributed by atoms with Crippen molar-refractivity contribution in [1.29, 1.82) is 0 Å². The number of aromatic nitrogens is 3. The van der Waals surface area contributed by atoms with Gasteiger partial charge in [0.05, 0.1) is 14.5 Å². The van der Waals surface area contributed by atoms with Crippen molar-refractivity contribution in [3.63, 3.8) is 0 Å². The van der Waals surface area contributed by atoms with E-state index in [0.717, 1.165) is 9.13 Å². The first-order valence-corrected chi connectivity index (χ1v) is 9.12. The summed E-state index contributed by atoms with van der Waals surface area (Å²) in [5.41, 5.74) is 1.11. The van der Waals surface area contributed by atoms with E-state index >= 15 is 0 Å². The van der Waals surface area contributed by atoms with Gasteiger partial charge in [0.1, 0.15) is 5.75 Å². The number of aromatic hydroxyl groups is 1. The number of halogens is 1. The minimum Gasteiger partial charge on any atom is -0.507 e. The molecule has 2 heterocycles. The number of phenols is 1. The second-order valence-corrected chi connectivity index (χ2v) is 7.83. The Morgan fingerprint density at radius 1 is 1.20 bits per heavy atom. The average molecular weight is 453 g/mol. The molecule has 3 aromatic rings. The number of rotatable bonds is 4. The first-order chi connectivity index (χ1) is 11.8. The van der Waals surface area contributed by atoms with Crippen molar-refractivity contribution in [2.24, 2.45) is 13.0 Å². The third-order valence-electron chi connectivity index (χ3n) is 4.13. The fraction of sp³-hybridized carbons (Fsp3) is 0.333. The summed E-state index contributed by atoms with van der Waals surface area (Å²) < 4.78 is 5.52. The summed E-state index contributed by atoms with van der Waals surface area (Å²) in [5, 5.41) is 10.2. The molecule has 2 aromatic heterocycles. The van der Waals surface area contributed by atoms with E-state index in [4.69, 9.17) is 0 Å². The van der Waals surface area contributed by atoms with Crippen molar-refractivity contribution in [3.05, 3.63) is 60.6 Å². The lowest BCUT2D eigenvalue weighted by Gasteiger charge is -2.11. The average Bonchev–Trinajstić information content (AvgIpc) is 2.96. The van der Waals surface area contributed by atoms with Crippen LogP contribution in [0.5, 0.6) is 5.75 Å². The zero-order valence-electron chi connectivity index (χ0n) is 14.4. The molecule has 0 unspecified atom stereocenters. The van der Waals surface area contributed by atoms with Crippen molar-refractivity contribution in [1.82, 2.24) is 13.7 Å². The van der Waals surface area contributed by atoms with Gasteiger partial charge in [0.2, 0.25) is 0 Å². The molecule has 25 heavy (non-hydrogen) atoms. The van der Waals surface area contributed by atoms with Crippen molar-refractivity contribution in [3.8, 4) is 5.75 Å². The van der Waals surface area contributed by atoms with Gasteiger partial charge in [0.15, 0.2) is 0 Å². The molecule has 0 aliphatic carbocycles. The Hall–Kier alpha value is -2.03. The van der Waals surface area contributed by atoms with Crippen LogP contribution >= 0.6 is 22.6 Å². The summed E-state index contributed by atoms with van der Waals surface area (Å²) in [7, 11) is 1.51. The van der Waals surface area contributed by atoms with Crippen LogP contribution in [0, 0.1) is 9.49 Å². The third kappa shape index (κ3) is 3.37. The van der Waals surface area contributed by atoms with Crippen LogP contribution in [0.1, 0.15) is 19.4 Å². The van der Waals surface area contributed by atoms with E-state index in [1.54, 1.807) is 16.8 Å². The van der Waals surface area contributed by atoms with Crippen LogP contribution in [0.2, 0.25) is 0 Å². The fourth-order valence-corrected chi connectivity index (χ4v) is 3.50. The molecule has 0 saturated carbocycles. The van der Waals surface area contributed by atoms with Crippen molar-refractivity contribution in [2.75, 3.05) is 0 Å². The van der Waals surface area contributed by atoms with Crippen molar-refractivity contribution in [2.45, 2.75) is 26.9 Å². The van der Waals surface area contributed by atoms with Gasteiger partial charge in [-0.25, -0.2) is 4.79 Å². The molecular formula is C18H20IN3O3. The minimum absolute atomic E-state index is 0.252. The van der Waals surface area contributed by atoms with Crippen molar-refractivity contribution >= 4 is 33.5 Å². The maximum Gasteiger partial charge on any atom is 0.331 e. The predicted octanol–water partition coefficient (Wildman–Crippen LogP) is 2.52. The van der Waals surface area contributed by atoms with Gasteiger partial charge in [-0.05, 0) is 46.2 Å². The number of nitrogens with zero attached hydrogens (tertiary/aromatic N) is 3. The molecule has 0 fully saturated rings. The first kappa shape index (κ1) is 17.8. The molecule has 0 saturated heterocycles. The molecule has 0 amide bonds. The predicted molar refractivity (Wildman–Crippen MR) is 106 cm³/mol. The maximum absolute atomic E-state index is 12.5. The van der Waals surface area contributed by atoms with Crippen LogP contribution in [0.4, 0.5) is 0 Å². The molecule has 3 rings (SSSR count). The van der Waals surface area contributed by atoms with E-state index in [0.29, 0.717) is 29.9 Å². The lowest BCUT2D eigenvalue weighted by atomic mass is 10.2. The van der Waals surface area contributed by atoms with Crippen LogP contribution < -0.4 is 11.2 Å². The van der Waals surface area contributed by atoms with Crippen LogP contribution in [-0.4, -0.2) is 18.8 Å². The largest absolute Gasteiger partial charge is 0.507 e. The lowest BCUT2D eigenvalue weighted by Crippen LogP contribution is -2.38. The monoisotopic (exact) mass is 453 g/mol. The number of benzene rings is 1. The van der Waals surface area contributed by atoms with Crippen LogP contribution in [0.15, 0.2) is 40.2 Å². The van der Waals surface area contributed by atoms with Crippen LogP contribution in [0.3, 0.4) is 0 Å². The van der Waals surface area contributed by atoms with E-state index in [1.807, 2.05) is 36.7 Å². The molecule has 0 aliphatic heterocycles. The Morgan fingerprint density at radius 3 is 2.56 bits per heavy atom. The molecule has 0 atom stereocenters. The lowest BCUT2D eigenvalue weighted by molar-refractivity contribution is 0.471. The van der Waals surface area contributed by atoms with Crippen LogP contribution in [-0.2, 0) is 20.1 Å². The molecule has 6 nitrogen and oxygen atoms in total. The summed E-state index contributed by atoms with van der Waals surface area (Å²) in [6.45, 7) is 5.20. The quantitative estimate of drug-likeness (QED) is 0.618. The number of fused-ring (bicyclic) bond motifs is 1. The zero-order valence-corrected chi connectivity index (χ0v) is 16.5. The minimum atomic E-state index is -0.289. The Kier molecular flexibility index (Phi) is 4.77. The van der Waals surface area contributed by atoms with E-state index in [-0.39, 0.29) is 17.0 Å². The number of hydrogen-bond donors (Lipinski definition) is 1. The van der Waals surface area contributed by atoms with E-state index in [1.165, 1.54) is 11.6 Å². The van der Waals surface area contributed by atoms with Gasteiger partial charge in [-0.15, -0.1) is 0 Å². The summed E-state index contributed by atoms with van der Waals surface area (Å²) in [6, 6.07) is 5.41. The van der Waals surface area contributed by atoms with Gasteiger partial charge >= 0.3 is 5.69 Å². The normalized spacial score (nSPS) is 11.6. The van der Waals surface area contributed by atoms with E-state index < -0.39 is 0 Å². The van der Waals surface area contributed by atoms with Gasteiger partial charge in [-0.2, -0.15) is 0 Å². The summed E-state index contributed by atoms with van der Waals surface area (Å²) in [6.07, 6.45) is 3.63. The Morgan fingerprint density at radius 2 is 1.92 bits per heavy atom. The molecule has 0 spiro atoms. The molecular weight excluding hydrogens is 433 g/mol. The van der Waals surface area contributed by atoms with E-state index in [2.05, 4.69) is 22.6 Å². The molecule has 0 bridgehead atoms. The maximum atomic E-state index is 12.5. The summed E-state index contributed by atoms with van der Waals surface area (Å²) >= 11 is 2.08. The first-order valence-electron chi connectivity index (χ1n) is 8.04. The van der Waals surface area contributed by atoms with Crippen molar-refractivity contribution < 1.29 is 5.11 Å². The molecule has 1 N–H and O–H groups in total. The zero-order chi connectivity index (χ0) is 18.3. The van der Waals surface area contributed by atoms with E-state index in [9.17, 15) is 14.7 Å². The highest BCUT2D eigenvalue weighted by Gasteiger charge is 2.14. The Balaban J connectivity index is 2.12. The summed E-state index contributed by atoms with van der Waals surface area (Å²) in [5.74, 6) is 0.544. The number of hydrogen-bond acceptors (Lipinski definition) is 3. The highest BCUT2D eigenvalue weighted by atomic mass is 127. The van der Waals surface area contributed by atoms with Crippen LogP contribution in [0.25, 0.3) is 10.9 Å². The fourth-order valence-electron chi connectivity index (χ4n) is 2.92. The smallest absolute Gasteiger partial charge is 0.331 e. The highest BCUT2D eigenvalue weighted by Crippen LogP contribution is 2.21. The molecule has 0 radical (unpaired) electrons. The molecule has 7 heteroatoms. The second-order valence-electron chi connectivity index (χ2n) is 6.67. The highest BCUT2D eigenvalue weighted by molar-refractivity contribution is 14.1. The van der Waals surface area contributed by atoms with Gasteiger partial charge in [0, 0.05) is 32.5 Å². The van der Waals surface area contributed by atoms with Gasteiger partial charge < -0.3 is 9.67 Å². The van der Waals surface area contributed by atoms with Gasteiger partial charge in [0.25, 0.3) is 5.56 Å². The number of phenolic OH excluding ortho intramolecular Hbond substituents is 1. The topological polar surface area (TPSA) is 69.2 Å². The summed E-state index contributed by atoms with van der Waals surface area (Å²) in [4.78, 5) is 24.9. The standard InChI is InChI=1S/C18H20IN3O3/c1-11(2)7-22-15-10-21(8-12-4-5-16(23)14(19)6-12)9-13(15)17(24)20(3)18(22)25/h4-6,9-11,23H,7-8H2,1-3H3. The Bertz CT molecular complexity index is 1060. The SMILES string of the molecule is CC(C)Cn1c(=O)n(C)c(=O)c2cn(Cc3ccc(O)c(I)c3)cc21. The van der Waals surface area contributed by atoms with Gasteiger partial charge in [-0.3, -0.25) is 13.9 Å². The molecule has 0 aliphatic rings. The molecule has 1 aromatic carbocycles. The second kappa shape index (κ2) is 6.70.